The zero-order chi connectivity index (χ0) is 14.0. The van der Waals surface area contributed by atoms with E-state index in [2.05, 4.69) is 41.5 Å². The van der Waals surface area contributed by atoms with Gasteiger partial charge in [-0.15, -0.1) is 0 Å². The smallest absolute Gasteiger partial charge is 0.141 e. The van der Waals surface area contributed by atoms with Crippen LogP contribution in [-0.4, -0.2) is 5.78 Å². The van der Waals surface area contributed by atoms with Gasteiger partial charge in [-0.05, 0) is 24.2 Å². The fourth-order valence-electron chi connectivity index (χ4n) is 3.28. The second-order valence-corrected chi connectivity index (χ2v) is 8.46. The SMILES string of the molecule is CC(C)(C)C[C@@H](CC1CCCC1)C(=O)C(C)(C)C. The molecule has 0 N–H and O–H groups in total. The number of Topliss-reactive ketones (excluding diaryl/α,β-unsaturated/α-hetero) is 1. The van der Waals surface area contributed by atoms with Gasteiger partial charge in [0.1, 0.15) is 5.78 Å². The van der Waals surface area contributed by atoms with Gasteiger partial charge in [-0.25, -0.2) is 0 Å². The summed E-state index contributed by atoms with van der Waals surface area (Å²) in [6.45, 7) is 13.0. The third-order valence-electron chi connectivity index (χ3n) is 4.06. The molecule has 1 nitrogen and oxygen atoms in total. The van der Waals surface area contributed by atoms with Crippen molar-refractivity contribution in [3.05, 3.63) is 0 Å². The van der Waals surface area contributed by atoms with Gasteiger partial charge in [0, 0.05) is 11.3 Å². The molecule has 0 unspecified atom stereocenters. The van der Waals surface area contributed by atoms with E-state index in [1.807, 2.05) is 0 Å². The van der Waals surface area contributed by atoms with E-state index < -0.39 is 0 Å². The van der Waals surface area contributed by atoms with Gasteiger partial charge < -0.3 is 0 Å². The topological polar surface area (TPSA) is 17.1 Å². The van der Waals surface area contributed by atoms with Crippen molar-refractivity contribution in [3.63, 3.8) is 0 Å². The molecule has 1 rings (SSSR count). The molecule has 1 aliphatic carbocycles. The Morgan fingerprint density at radius 3 is 1.94 bits per heavy atom. The van der Waals surface area contributed by atoms with Gasteiger partial charge in [0.2, 0.25) is 0 Å². The third-order valence-corrected chi connectivity index (χ3v) is 4.06. The number of hydrogen-bond donors (Lipinski definition) is 0. The highest BCUT2D eigenvalue weighted by Gasteiger charge is 2.34. The van der Waals surface area contributed by atoms with E-state index in [0.717, 1.165) is 18.8 Å². The monoisotopic (exact) mass is 252 g/mol. The normalized spacial score (nSPS) is 20.1. The lowest BCUT2D eigenvalue weighted by molar-refractivity contribution is -0.132. The molecule has 1 saturated carbocycles. The van der Waals surface area contributed by atoms with Crippen molar-refractivity contribution in [2.24, 2.45) is 22.7 Å². The number of carbonyl (C=O) groups excluding carboxylic acids is 1. The van der Waals surface area contributed by atoms with E-state index in [0.29, 0.717) is 5.78 Å². The maximum atomic E-state index is 12.6. The zero-order valence-corrected chi connectivity index (χ0v) is 13.3. The number of carbonyl (C=O) groups is 1. The summed E-state index contributed by atoms with van der Waals surface area (Å²) in [5.41, 5.74) is 0.0682. The van der Waals surface area contributed by atoms with Gasteiger partial charge in [0.15, 0.2) is 0 Å². The lowest BCUT2D eigenvalue weighted by Crippen LogP contribution is -2.32. The van der Waals surface area contributed by atoms with Crippen LogP contribution in [0.3, 0.4) is 0 Å². The van der Waals surface area contributed by atoms with Gasteiger partial charge >= 0.3 is 0 Å². The van der Waals surface area contributed by atoms with Crippen molar-refractivity contribution in [1.82, 2.24) is 0 Å². The molecule has 0 aromatic carbocycles. The summed E-state index contributed by atoms with van der Waals surface area (Å²) >= 11 is 0. The second kappa shape index (κ2) is 5.75. The van der Waals surface area contributed by atoms with Crippen LogP contribution in [0.1, 0.15) is 80.1 Å². The molecular weight excluding hydrogens is 220 g/mol. The summed E-state index contributed by atoms with van der Waals surface area (Å²) in [5, 5.41) is 0. The summed E-state index contributed by atoms with van der Waals surface area (Å²) in [6.07, 6.45) is 7.61. The Bertz CT molecular complexity index is 271. The average Bonchev–Trinajstić information content (AvgIpc) is 2.64. The van der Waals surface area contributed by atoms with Crippen LogP contribution in [0, 0.1) is 22.7 Å². The quantitative estimate of drug-likeness (QED) is 0.669. The maximum Gasteiger partial charge on any atom is 0.141 e. The van der Waals surface area contributed by atoms with Crippen LogP contribution in [0.25, 0.3) is 0 Å². The summed E-state index contributed by atoms with van der Waals surface area (Å²) in [7, 11) is 0. The second-order valence-electron chi connectivity index (χ2n) is 8.46. The molecule has 0 aromatic rings. The Morgan fingerprint density at radius 2 is 1.56 bits per heavy atom. The van der Waals surface area contributed by atoms with E-state index in [1.165, 1.54) is 25.7 Å². The summed E-state index contributed by atoms with van der Waals surface area (Å²) in [6, 6.07) is 0. The van der Waals surface area contributed by atoms with Gasteiger partial charge in [-0.3, -0.25) is 4.79 Å². The third kappa shape index (κ3) is 5.12. The van der Waals surface area contributed by atoms with Crippen LogP contribution in [-0.2, 0) is 4.79 Å². The predicted molar refractivity (Wildman–Crippen MR) is 78.6 cm³/mol. The fourth-order valence-corrected chi connectivity index (χ4v) is 3.28. The first-order valence-electron chi connectivity index (χ1n) is 7.64. The number of hydrogen-bond acceptors (Lipinski definition) is 1. The van der Waals surface area contributed by atoms with Crippen molar-refractivity contribution in [2.75, 3.05) is 0 Å². The Hall–Kier alpha value is -0.330. The lowest BCUT2D eigenvalue weighted by atomic mass is 9.72. The van der Waals surface area contributed by atoms with Crippen molar-refractivity contribution in [2.45, 2.75) is 80.1 Å². The maximum absolute atomic E-state index is 12.6. The van der Waals surface area contributed by atoms with Crippen molar-refractivity contribution in [1.29, 1.82) is 0 Å². The van der Waals surface area contributed by atoms with E-state index in [-0.39, 0.29) is 16.7 Å². The minimum Gasteiger partial charge on any atom is -0.299 e. The van der Waals surface area contributed by atoms with Gasteiger partial charge in [0.25, 0.3) is 0 Å². The van der Waals surface area contributed by atoms with Crippen molar-refractivity contribution >= 4 is 5.78 Å². The molecule has 106 valence electrons. The Morgan fingerprint density at radius 1 is 1.06 bits per heavy atom. The van der Waals surface area contributed by atoms with Crippen LogP contribution in [0.4, 0.5) is 0 Å². The molecule has 0 bridgehead atoms. The summed E-state index contributed by atoms with van der Waals surface area (Å²) in [4.78, 5) is 12.6. The van der Waals surface area contributed by atoms with Gasteiger partial charge in [0.05, 0.1) is 0 Å². The van der Waals surface area contributed by atoms with Crippen molar-refractivity contribution < 1.29 is 4.79 Å². The Kier molecular flexibility index (Phi) is 5.03. The summed E-state index contributed by atoms with van der Waals surface area (Å²) in [5.74, 6) is 1.56. The minimum absolute atomic E-state index is 0.186. The molecule has 0 amide bonds. The molecule has 18 heavy (non-hydrogen) atoms. The van der Waals surface area contributed by atoms with E-state index in [4.69, 9.17) is 0 Å². The first-order valence-corrected chi connectivity index (χ1v) is 7.64. The molecule has 1 aliphatic rings. The zero-order valence-electron chi connectivity index (χ0n) is 13.3. The largest absolute Gasteiger partial charge is 0.299 e. The van der Waals surface area contributed by atoms with E-state index >= 15 is 0 Å². The van der Waals surface area contributed by atoms with E-state index in [9.17, 15) is 4.79 Å². The molecule has 0 heterocycles. The van der Waals surface area contributed by atoms with Crippen LogP contribution in [0.5, 0.6) is 0 Å². The summed E-state index contributed by atoms with van der Waals surface area (Å²) < 4.78 is 0. The highest BCUT2D eigenvalue weighted by Crippen LogP contribution is 2.38. The highest BCUT2D eigenvalue weighted by atomic mass is 16.1. The van der Waals surface area contributed by atoms with Gasteiger partial charge in [-0.2, -0.15) is 0 Å². The first-order chi connectivity index (χ1) is 8.09. The van der Waals surface area contributed by atoms with Crippen LogP contribution in [0.15, 0.2) is 0 Å². The Labute approximate surface area is 114 Å². The molecule has 1 heteroatoms. The van der Waals surface area contributed by atoms with Gasteiger partial charge in [-0.1, -0.05) is 67.2 Å². The van der Waals surface area contributed by atoms with Crippen molar-refractivity contribution in [3.8, 4) is 0 Å². The molecule has 1 fully saturated rings. The Balaban J connectivity index is 2.71. The van der Waals surface area contributed by atoms with Crippen LogP contribution >= 0.6 is 0 Å². The standard InChI is InChI=1S/C17H32O/c1-16(2,3)12-14(15(18)17(4,5)6)11-13-9-7-8-10-13/h13-14H,7-12H2,1-6H3/t14-/m1/s1. The van der Waals surface area contributed by atoms with Crippen LogP contribution in [0.2, 0.25) is 0 Å². The molecular formula is C17H32O. The molecule has 0 aromatic heterocycles. The fraction of sp³-hybridized carbons (Fsp3) is 0.941. The molecule has 0 spiro atoms. The average molecular weight is 252 g/mol. The molecule has 0 aliphatic heterocycles. The number of rotatable bonds is 4. The highest BCUT2D eigenvalue weighted by molar-refractivity contribution is 5.86. The molecule has 1 atom stereocenters. The molecule has 0 radical (unpaired) electrons. The minimum atomic E-state index is -0.186. The number of ketones is 1. The van der Waals surface area contributed by atoms with Crippen LogP contribution < -0.4 is 0 Å². The van der Waals surface area contributed by atoms with E-state index in [1.54, 1.807) is 0 Å². The molecule has 0 saturated heterocycles. The lowest BCUT2D eigenvalue weighted by Gasteiger charge is -2.31. The predicted octanol–water partition coefficient (Wildman–Crippen LogP) is 5.23. The first kappa shape index (κ1) is 15.7.